The normalized spacial score (nSPS) is 24.5. The van der Waals surface area contributed by atoms with Crippen molar-refractivity contribution < 1.29 is 14.7 Å². The summed E-state index contributed by atoms with van der Waals surface area (Å²) in [7, 11) is 0. The summed E-state index contributed by atoms with van der Waals surface area (Å²) in [5.41, 5.74) is -0.924. The van der Waals surface area contributed by atoms with Gasteiger partial charge in [0.05, 0.1) is 5.41 Å². The highest BCUT2D eigenvalue weighted by molar-refractivity contribution is 5.77. The van der Waals surface area contributed by atoms with E-state index in [1.807, 2.05) is 0 Å². The number of urea groups is 1. The molecule has 2 atom stereocenters. The highest BCUT2D eigenvalue weighted by Crippen LogP contribution is 2.28. The van der Waals surface area contributed by atoms with Crippen molar-refractivity contribution in [2.24, 2.45) is 11.3 Å². The molecule has 3 N–H and O–H groups in total. The summed E-state index contributed by atoms with van der Waals surface area (Å²) < 4.78 is 0. The Balaban J connectivity index is 2.24. The van der Waals surface area contributed by atoms with Crippen LogP contribution in [0.1, 0.15) is 27.2 Å². The van der Waals surface area contributed by atoms with Crippen molar-refractivity contribution in [3.05, 3.63) is 0 Å². The van der Waals surface area contributed by atoms with Gasteiger partial charge in [-0.3, -0.25) is 4.79 Å². The fraction of sp³-hybridized carbons (Fsp3) is 0.800. The van der Waals surface area contributed by atoms with E-state index in [1.165, 1.54) is 0 Å². The third-order valence-corrected chi connectivity index (χ3v) is 2.70. The van der Waals surface area contributed by atoms with Gasteiger partial charge in [0.1, 0.15) is 0 Å². The van der Waals surface area contributed by atoms with E-state index in [9.17, 15) is 9.59 Å². The third kappa shape index (κ3) is 3.42. The van der Waals surface area contributed by atoms with Crippen LogP contribution >= 0.6 is 0 Å². The lowest BCUT2D eigenvalue weighted by molar-refractivity contribution is -0.146. The number of amides is 2. The van der Waals surface area contributed by atoms with E-state index in [0.29, 0.717) is 5.92 Å². The van der Waals surface area contributed by atoms with E-state index in [-0.39, 0.29) is 18.6 Å². The largest absolute Gasteiger partial charge is 0.481 e. The Labute approximate surface area is 89.2 Å². The van der Waals surface area contributed by atoms with Gasteiger partial charge in [-0.2, -0.15) is 0 Å². The van der Waals surface area contributed by atoms with Crippen molar-refractivity contribution in [1.29, 1.82) is 0 Å². The molecule has 1 fully saturated rings. The van der Waals surface area contributed by atoms with Crippen LogP contribution < -0.4 is 10.6 Å². The Kier molecular flexibility index (Phi) is 3.21. The molecule has 86 valence electrons. The lowest BCUT2D eigenvalue weighted by Gasteiger charge is -2.19. The van der Waals surface area contributed by atoms with Gasteiger partial charge < -0.3 is 15.7 Å². The van der Waals surface area contributed by atoms with Crippen molar-refractivity contribution in [3.63, 3.8) is 0 Å². The zero-order valence-electron chi connectivity index (χ0n) is 9.33. The van der Waals surface area contributed by atoms with Gasteiger partial charge >= 0.3 is 12.0 Å². The minimum absolute atomic E-state index is 0.134. The van der Waals surface area contributed by atoms with Crippen molar-refractivity contribution in [3.8, 4) is 0 Å². The van der Waals surface area contributed by atoms with Crippen LogP contribution in [0, 0.1) is 11.3 Å². The molecule has 0 spiro atoms. The second-order valence-corrected chi connectivity index (χ2v) is 4.84. The zero-order chi connectivity index (χ0) is 11.6. The molecule has 0 heterocycles. The Morgan fingerprint density at radius 3 is 2.40 bits per heavy atom. The molecule has 2 unspecified atom stereocenters. The van der Waals surface area contributed by atoms with Crippen LogP contribution in [0.4, 0.5) is 4.79 Å². The fourth-order valence-electron chi connectivity index (χ4n) is 1.12. The van der Waals surface area contributed by atoms with E-state index in [0.717, 1.165) is 6.42 Å². The minimum atomic E-state index is -0.924. The minimum Gasteiger partial charge on any atom is -0.481 e. The first kappa shape index (κ1) is 11.8. The van der Waals surface area contributed by atoms with E-state index in [4.69, 9.17) is 5.11 Å². The molecule has 0 bridgehead atoms. The molecule has 1 saturated carbocycles. The van der Waals surface area contributed by atoms with Crippen LogP contribution in [0.3, 0.4) is 0 Å². The summed E-state index contributed by atoms with van der Waals surface area (Å²) in [6.07, 6.45) is 1.01. The first-order valence-electron chi connectivity index (χ1n) is 5.10. The predicted octanol–water partition coefficient (Wildman–Crippen LogP) is 0.805. The van der Waals surface area contributed by atoms with Crippen molar-refractivity contribution in [2.75, 3.05) is 6.54 Å². The quantitative estimate of drug-likeness (QED) is 0.647. The molecule has 1 rings (SSSR count). The van der Waals surface area contributed by atoms with Gasteiger partial charge in [-0.05, 0) is 26.2 Å². The molecule has 5 heteroatoms. The number of nitrogens with one attached hydrogen (secondary N) is 2. The molecule has 0 radical (unpaired) electrons. The van der Waals surface area contributed by atoms with Crippen LogP contribution in [0.15, 0.2) is 0 Å². The van der Waals surface area contributed by atoms with Crippen LogP contribution in [-0.2, 0) is 4.79 Å². The SMILES string of the molecule is CC1CC1NC(=O)NCC(C)(C)C(=O)O. The van der Waals surface area contributed by atoms with E-state index < -0.39 is 11.4 Å². The topological polar surface area (TPSA) is 78.4 Å². The van der Waals surface area contributed by atoms with E-state index in [2.05, 4.69) is 17.6 Å². The van der Waals surface area contributed by atoms with Gasteiger partial charge in [0.2, 0.25) is 0 Å². The van der Waals surface area contributed by atoms with E-state index in [1.54, 1.807) is 13.8 Å². The molecule has 0 aliphatic heterocycles. The fourth-order valence-corrected chi connectivity index (χ4v) is 1.12. The smallest absolute Gasteiger partial charge is 0.315 e. The van der Waals surface area contributed by atoms with Gasteiger partial charge in [-0.25, -0.2) is 4.79 Å². The molecule has 2 amide bonds. The molecule has 15 heavy (non-hydrogen) atoms. The molecule has 0 saturated heterocycles. The number of carbonyl (C=O) groups is 2. The lowest BCUT2D eigenvalue weighted by Crippen LogP contribution is -2.44. The van der Waals surface area contributed by atoms with Gasteiger partial charge in [-0.15, -0.1) is 0 Å². The van der Waals surface area contributed by atoms with Crippen LogP contribution in [0.25, 0.3) is 0 Å². The Hall–Kier alpha value is -1.26. The van der Waals surface area contributed by atoms with Crippen molar-refractivity contribution in [1.82, 2.24) is 10.6 Å². The molecular weight excluding hydrogens is 196 g/mol. The van der Waals surface area contributed by atoms with Gasteiger partial charge in [-0.1, -0.05) is 6.92 Å². The summed E-state index contributed by atoms with van der Waals surface area (Å²) in [4.78, 5) is 22.0. The third-order valence-electron chi connectivity index (χ3n) is 2.70. The average Bonchev–Trinajstić information content (AvgIpc) is 2.78. The highest BCUT2D eigenvalue weighted by atomic mass is 16.4. The monoisotopic (exact) mass is 214 g/mol. The second-order valence-electron chi connectivity index (χ2n) is 4.84. The zero-order valence-corrected chi connectivity index (χ0v) is 9.33. The number of rotatable bonds is 4. The van der Waals surface area contributed by atoms with Crippen LogP contribution in [-0.4, -0.2) is 29.7 Å². The maximum Gasteiger partial charge on any atom is 0.315 e. The standard InChI is InChI=1S/C10H18N2O3/c1-6-4-7(6)12-9(15)11-5-10(2,3)8(13)14/h6-7H,4-5H2,1-3H3,(H,13,14)(H2,11,12,15). The number of hydrogen-bond donors (Lipinski definition) is 3. The average molecular weight is 214 g/mol. The summed E-state index contributed by atoms with van der Waals surface area (Å²) in [6.45, 7) is 5.35. The van der Waals surface area contributed by atoms with Crippen LogP contribution in [0.5, 0.6) is 0 Å². The highest BCUT2D eigenvalue weighted by Gasteiger charge is 2.34. The molecule has 0 aromatic carbocycles. The maximum absolute atomic E-state index is 11.3. The number of carboxylic acids is 1. The summed E-state index contributed by atoms with van der Waals surface area (Å²) in [5.74, 6) is -0.370. The predicted molar refractivity (Wildman–Crippen MR) is 55.5 cm³/mol. The summed E-state index contributed by atoms with van der Waals surface area (Å²) in [6, 6.07) is -0.0170. The van der Waals surface area contributed by atoms with Crippen molar-refractivity contribution >= 4 is 12.0 Å². The molecule has 0 aromatic rings. The Morgan fingerprint density at radius 2 is 2.00 bits per heavy atom. The first-order valence-corrected chi connectivity index (χ1v) is 5.10. The van der Waals surface area contributed by atoms with Crippen LogP contribution in [0.2, 0.25) is 0 Å². The maximum atomic E-state index is 11.3. The molecule has 0 aromatic heterocycles. The number of carbonyl (C=O) groups excluding carboxylic acids is 1. The molecular formula is C10H18N2O3. The lowest BCUT2D eigenvalue weighted by atomic mass is 9.94. The second kappa shape index (κ2) is 4.08. The number of aliphatic carboxylic acids is 1. The molecule has 1 aliphatic rings. The Bertz CT molecular complexity index is 276. The number of hydrogen-bond acceptors (Lipinski definition) is 2. The molecule has 5 nitrogen and oxygen atoms in total. The Morgan fingerprint density at radius 1 is 1.47 bits per heavy atom. The first-order chi connectivity index (χ1) is 6.83. The summed E-state index contributed by atoms with van der Waals surface area (Å²) >= 11 is 0. The number of carboxylic acid groups (broad SMARTS) is 1. The van der Waals surface area contributed by atoms with Gasteiger partial charge in [0.15, 0.2) is 0 Å². The van der Waals surface area contributed by atoms with Gasteiger partial charge in [0, 0.05) is 12.6 Å². The molecule has 1 aliphatic carbocycles. The van der Waals surface area contributed by atoms with E-state index >= 15 is 0 Å². The van der Waals surface area contributed by atoms with Gasteiger partial charge in [0.25, 0.3) is 0 Å². The van der Waals surface area contributed by atoms with Crippen molar-refractivity contribution in [2.45, 2.75) is 33.2 Å². The summed E-state index contributed by atoms with van der Waals surface area (Å²) in [5, 5.41) is 14.2.